The number of hydrogen-bond acceptors (Lipinski definition) is 4. The van der Waals surface area contributed by atoms with Crippen LogP contribution >= 0.6 is 11.5 Å². The summed E-state index contributed by atoms with van der Waals surface area (Å²) in [4.78, 5) is 11.5. The van der Waals surface area contributed by atoms with Gasteiger partial charge in [-0.2, -0.15) is 4.37 Å². The number of amides is 1. The monoisotopic (exact) mass is 266 g/mol. The molecule has 2 rings (SSSR count). The fraction of sp³-hybridized carbons (Fsp3) is 0.167. The van der Waals surface area contributed by atoms with E-state index >= 15 is 0 Å². The second kappa shape index (κ2) is 5.59. The number of rotatable bonds is 4. The summed E-state index contributed by atoms with van der Waals surface area (Å²) in [6.45, 7) is 1.73. The van der Waals surface area contributed by atoms with Crippen LogP contribution in [0.3, 0.4) is 0 Å². The molecule has 0 unspecified atom stereocenters. The Balaban J connectivity index is 1.83. The molecule has 0 aliphatic carbocycles. The van der Waals surface area contributed by atoms with E-state index in [-0.39, 0.29) is 18.3 Å². The van der Waals surface area contributed by atoms with Crippen molar-refractivity contribution in [2.75, 3.05) is 11.9 Å². The molecule has 0 fully saturated rings. The van der Waals surface area contributed by atoms with Crippen LogP contribution in [0.2, 0.25) is 0 Å². The van der Waals surface area contributed by atoms with E-state index in [0.717, 1.165) is 5.69 Å². The largest absolute Gasteiger partial charge is 0.484 e. The van der Waals surface area contributed by atoms with Gasteiger partial charge < -0.3 is 10.1 Å². The summed E-state index contributed by atoms with van der Waals surface area (Å²) < 4.78 is 21.9. The maximum atomic E-state index is 12.6. The Morgan fingerprint density at radius 3 is 2.78 bits per heavy atom. The predicted octanol–water partition coefficient (Wildman–Crippen LogP) is 2.61. The highest BCUT2D eigenvalue weighted by molar-refractivity contribution is 7.10. The number of anilines is 1. The molecular formula is C12H11FN2O2S. The van der Waals surface area contributed by atoms with Gasteiger partial charge in [-0.25, -0.2) is 4.39 Å². The maximum Gasteiger partial charge on any atom is 0.262 e. The van der Waals surface area contributed by atoms with Crippen LogP contribution in [0.15, 0.2) is 30.3 Å². The maximum absolute atomic E-state index is 12.6. The van der Waals surface area contributed by atoms with Gasteiger partial charge in [-0.15, -0.1) is 0 Å². The molecule has 0 spiro atoms. The highest BCUT2D eigenvalue weighted by Crippen LogP contribution is 2.15. The molecule has 0 saturated carbocycles. The quantitative estimate of drug-likeness (QED) is 0.925. The molecule has 0 bridgehead atoms. The minimum absolute atomic E-state index is 0.122. The number of carbonyl (C=O) groups excluding carboxylic acids is 1. The average Bonchev–Trinajstić information content (AvgIpc) is 2.74. The van der Waals surface area contributed by atoms with Crippen molar-refractivity contribution < 1.29 is 13.9 Å². The molecule has 4 nitrogen and oxygen atoms in total. The molecule has 94 valence electrons. The molecule has 0 atom stereocenters. The van der Waals surface area contributed by atoms with Crippen molar-refractivity contribution in [2.24, 2.45) is 0 Å². The van der Waals surface area contributed by atoms with Crippen molar-refractivity contribution in [3.8, 4) is 5.75 Å². The van der Waals surface area contributed by atoms with Crippen molar-refractivity contribution in [1.82, 2.24) is 4.37 Å². The van der Waals surface area contributed by atoms with Gasteiger partial charge >= 0.3 is 0 Å². The van der Waals surface area contributed by atoms with Crippen LogP contribution in [0.25, 0.3) is 0 Å². The Bertz CT molecular complexity index is 539. The Labute approximate surface area is 108 Å². The molecule has 2 aromatic rings. The van der Waals surface area contributed by atoms with E-state index in [1.54, 1.807) is 6.07 Å². The third-order valence-corrected chi connectivity index (χ3v) is 2.87. The summed E-state index contributed by atoms with van der Waals surface area (Å²) in [5, 5.41) is 3.34. The lowest BCUT2D eigenvalue weighted by atomic mass is 10.3. The third kappa shape index (κ3) is 3.53. The Kier molecular flexibility index (Phi) is 3.88. The molecule has 6 heteroatoms. The highest BCUT2D eigenvalue weighted by atomic mass is 32.1. The first-order valence-electron chi connectivity index (χ1n) is 5.25. The Morgan fingerprint density at radius 1 is 1.44 bits per heavy atom. The van der Waals surface area contributed by atoms with Crippen molar-refractivity contribution in [3.63, 3.8) is 0 Å². The van der Waals surface area contributed by atoms with E-state index in [1.807, 2.05) is 6.92 Å². The van der Waals surface area contributed by atoms with Crippen LogP contribution in [0.1, 0.15) is 5.69 Å². The number of halogens is 1. The summed E-state index contributed by atoms with van der Waals surface area (Å²) in [7, 11) is 0. The summed E-state index contributed by atoms with van der Waals surface area (Å²) in [6.07, 6.45) is 0. The smallest absolute Gasteiger partial charge is 0.262 e. The van der Waals surface area contributed by atoms with E-state index in [0.29, 0.717) is 10.8 Å². The predicted molar refractivity (Wildman–Crippen MR) is 67.4 cm³/mol. The first-order valence-corrected chi connectivity index (χ1v) is 6.02. The van der Waals surface area contributed by atoms with Gasteiger partial charge in [-0.3, -0.25) is 4.79 Å². The molecule has 1 heterocycles. The summed E-state index contributed by atoms with van der Waals surface area (Å²) in [5.41, 5.74) is 0.856. The molecule has 18 heavy (non-hydrogen) atoms. The zero-order chi connectivity index (χ0) is 13.0. The fourth-order valence-corrected chi connectivity index (χ4v) is 1.95. The van der Waals surface area contributed by atoms with Gasteiger partial charge in [0.2, 0.25) is 0 Å². The van der Waals surface area contributed by atoms with Gasteiger partial charge in [0.05, 0.1) is 5.69 Å². The fourth-order valence-electron chi connectivity index (χ4n) is 1.28. The molecule has 0 radical (unpaired) electrons. The third-order valence-electron chi connectivity index (χ3n) is 2.07. The van der Waals surface area contributed by atoms with E-state index in [2.05, 4.69) is 9.69 Å². The van der Waals surface area contributed by atoms with Gasteiger partial charge in [0, 0.05) is 0 Å². The molecular weight excluding hydrogens is 255 g/mol. The van der Waals surface area contributed by atoms with E-state index < -0.39 is 0 Å². The SMILES string of the molecule is Cc1cc(NC(=O)COc2ccc(F)cc2)sn1. The zero-order valence-electron chi connectivity index (χ0n) is 9.64. The van der Waals surface area contributed by atoms with Crippen molar-refractivity contribution in [3.05, 3.63) is 41.8 Å². The van der Waals surface area contributed by atoms with Crippen LogP contribution < -0.4 is 10.1 Å². The topological polar surface area (TPSA) is 51.2 Å². The molecule has 1 aromatic heterocycles. The number of hydrogen-bond donors (Lipinski definition) is 1. The van der Waals surface area contributed by atoms with E-state index in [1.165, 1.54) is 35.8 Å². The van der Waals surface area contributed by atoms with Crippen LogP contribution in [0.4, 0.5) is 9.39 Å². The zero-order valence-corrected chi connectivity index (χ0v) is 10.5. The van der Waals surface area contributed by atoms with Gasteiger partial charge in [0.25, 0.3) is 5.91 Å². The molecule has 0 saturated heterocycles. The highest BCUT2D eigenvalue weighted by Gasteiger charge is 2.05. The Hall–Kier alpha value is -1.95. The first-order chi connectivity index (χ1) is 8.63. The normalized spacial score (nSPS) is 10.1. The van der Waals surface area contributed by atoms with Gasteiger partial charge in [0.1, 0.15) is 16.6 Å². The Morgan fingerprint density at radius 2 is 2.17 bits per heavy atom. The lowest BCUT2D eigenvalue weighted by Gasteiger charge is -2.05. The number of nitrogens with zero attached hydrogens (tertiary/aromatic N) is 1. The minimum atomic E-state index is -0.341. The van der Waals surface area contributed by atoms with Crippen molar-refractivity contribution in [1.29, 1.82) is 0 Å². The number of nitrogens with one attached hydrogen (secondary N) is 1. The van der Waals surface area contributed by atoms with E-state index in [4.69, 9.17) is 4.74 Å². The van der Waals surface area contributed by atoms with Crippen LogP contribution in [-0.4, -0.2) is 16.9 Å². The van der Waals surface area contributed by atoms with Crippen LogP contribution in [-0.2, 0) is 4.79 Å². The minimum Gasteiger partial charge on any atom is -0.484 e. The summed E-state index contributed by atoms with van der Waals surface area (Å²) in [6, 6.07) is 7.28. The number of aromatic nitrogens is 1. The van der Waals surface area contributed by atoms with Gasteiger partial charge in [-0.1, -0.05) is 0 Å². The first kappa shape index (κ1) is 12.5. The molecule has 0 aliphatic rings. The van der Waals surface area contributed by atoms with Gasteiger partial charge in [0.15, 0.2) is 6.61 Å². The lowest BCUT2D eigenvalue weighted by Crippen LogP contribution is -2.19. The van der Waals surface area contributed by atoms with Crippen LogP contribution in [0, 0.1) is 12.7 Å². The summed E-state index contributed by atoms with van der Waals surface area (Å²) >= 11 is 1.21. The standard InChI is InChI=1S/C12H11FN2O2S/c1-8-6-12(18-15-8)14-11(16)7-17-10-4-2-9(13)3-5-10/h2-6H,7H2,1H3,(H,14,16). The molecule has 1 aromatic carbocycles. The molecule has 0 aliphatic heterocycles. The van der Waals surface area contributed by atoms with Crippen molar-refractivity contribution >= 4 is 22.4 Å². The number of ether oxygens (including phenoxy) is 1. The number of benzene rings is 1. The van der Waals surface area contributed by atoms with E-state index in [9.17, 15) is 9.18 Å². The molecule has 1 amide bonds. The number of aryl methyl sites for hydroxylation is 1. The lowest BCUT2D eigenvalue weighted by molar-refractivity contribution is -0.118. The van der Waals surface area contributed by atoms with Crippen LogP contribution in [0.5, 0.6) is 5.75 Å². The molecule has 1 N–H and O–H groups in total. The number of carbonyl (C=O) groups is 1. The second-order valence-electron chi connectivity index (χ2n) is 3.62. The average molecular weight is 266 g/mol. The van der Waals surface area contributed by atoms with Crippen molar-refractivity contribution in [2.45, 2.75) is 6.92 Å². The summed E-state index contributed by atoms with van der Waals surface area (Å²) in [5.74, 6) is -0.165. The second-order valence-corrected chi connectivity index (χ2v) is 4.43. The van der Waals surface area contributed by atoms with Gasteiger partial charge in [-0.05, 0) is 48.8 Å².